The smallest absolute Gasteiger partial charge is 0.293 e. The molecule has 27 heavy (non-hydrogen) atoms. The fourth-order valence-corrected chi connectivity index (χ4v) is 2.92. The number of para-hydroxylation sites is 1. The Labute approximate surface area is 164 Å². The van der Waals surface area contributed by atoms with Gasteiger partial charge < -0.3 is 14.2 Å². The third-order valence-electron chi connectivity index (χ3n) is 4.10. The quantitative estimate of drug-likeness (QED) is 0.600. The van der Waals surface area contributed by atoms with E-state index >= 15 is 0 Å². The van der Waals surface area contributed by atoms with Crippen LogP contribution >= 0.6 is 15.9 Å². The number of anilines is 2. The largest absolute Gasteiger partial charge is 0.444 e. The first-order valence-corrected chi connectivity index (χ1v) is 8.84. The molecule has 7 heteroatoms. The van der Waals surface area contributed by atoms with Gasteiger partial charge in [0.05, 0.1) is 11.3 Å². The molecule has 0 fully saturated rings. The molecule has 0 saturated heterocycles. The van der Waals surface area contributed by atoms with Crippen LogP contribution in [0.2, 0.25) is 0 Å². The molecule has 138 valence electrons. The molecule has 0 aliphatic heterocycles. The molecule has 0 saturated carbocycles. The molecule has 0 spiro atoms. The number of nitrogens with zero attached hydrogens (tertiary/aromatic N) is 2. The van der Waals surface area contributed by atoms with E-state index in [2.05, 4.69) is 15.9 Å². The third-order valence-corrected chi connectivity index (χ3v) is 4.53. The van der Waals surface area contributed by atoms with E-state index in [0.29, 0.717) is 21.6 Å². The molecule has 1 heterocycles. The molecule has 2 amide bonds. The summed E-state index contributed by atoms with van der Waals surface area (Å²) in [5.41, 5.74) is 1.32. The van der Waals surface area contributed by atoms with Crippen molar-refractivity contribution < 1.29 is 18.4 Å². The summed E-state index contributed by atoms with van der Waals surface area (Å²) in [6, 6.07) is 15.6. The summed E-state index contributed by atoms with van der Waals surface area (Å²) < 4.78 is 18.9. The normalized spacial score (nSPS) is 10.5. The Balaban J connectivity index is 1.92. The van der Waals surface area contributed by atoms with Crippen molar-refractivity contribution in [2.75, 3.05) is 23.9 Å². The number of halogens is 2. The van der Waals surface area contributed by atoms with Crippen molar-refractivity contribution in [2.45, 2.75) is 0 Å². The average molecular weight is 431 g/mol. The van der Waals surface area contributed by atoms with Gasteiger partial charge in [0.15, 0.2) is 10.4 Å². The van der Waals surface area contributed by atoms with Crippen LogP contribution in [0.1, 0.15) is 20.9 Å². The maximum atomic E-state index is 13.1. The van der Waals surface area contributed by atoms with Crippen LogP contribution in [0.25, 0.3) is 0 Å². The van der Waals surface area contributed by atoms with Crippen LogP contribution in [0.15, 0.2) is 69.8 Å². The van der Waals surface area contributed by atoms with Gasteiger partial charge in [0.2, 0.25) is 0 Å². The molecule has 2 aromatic carbocycles. The summed E-state index contributed by atoms with van der Waals surface area (Å²) in [5, 5.41) is 0. The molecule has 0 unspecified atom stereocenters. The molecule has 0 atom stereocenters. The van der Waals surface area contributed by atoms with E-state index in [-0.39, 0.29) is 23.4 Å². The topological polar surface area (TPSA) is 53.8 Å². The van der Waals surface area contributed by atoms with Crippen molar-refractivity contribution in [3.63, 3.8) is 0 Å². The average Bonchev–Trinajstić information content (AvgIpc) is 3.12. The highest BCUT2D eigenvalue weighted by molar-refractivity contribution is 9.10. The Bertz CT molecular complexity index is 985. The Morgan fingerprint density at radius 1 is 0.889 bits per heavy atom. The predicted octanol–water partition coefficient (Wildman–Crippen LogP) is 4.73. The lowest BCUT2D eigenvalue weighted by Gasteiger charge is -2.23. The van der Waals surface area contributed by atoms with E-state index in [1.165, 1.54) is 34.1 Å². The number of hydrogen-bond donors (Lipinski definition) is 0. The fraction of sp³-hybridized carbons (Fsp3) is 0.100. The second-order valence-electron chi connectivity index (χ2n) is 5.83. The van der Waals surface area contributed by atoms with Crippen molar-refractivity contribution in [1.29, 1.82) is 0 Å². The maximum absolute atomic E-state index is 13.1. The van der Waals surface area contributed by atoms with Gasteiger partial charge in [-0.3, -0.25) is 9.59 Å². The molecule has 3 aromatic rings. The molecule has 0 aliphatic carbocycles. The van der Waals surface area contributed by atoms with E-state index in [1.807, 2.05) is 0 Å². The first-order valence-electron chi connectivity index (χ1n) is 8.04. The number of benzene rings is 2. The van der Waals surface area contributed by atoms with Gasteiger partial charge in [0, 0.05) is 19.8 Å². The zero-order valence-electron chi connectivity index (χ0n) is 14.6. The minimum atomic E-state index is -0.384. The minimum absolute atomic E-state index is 0.151. The molecule has 0 aliphatic rings. The maximum Gasteiger partial charge on any atom is 0.293 e. The summed E-state index contributed by atoms with van der Waals surface area (Å²) in [4.78, 5) is 28.4. The van der Waals surface area contributed by atoms with E-state index in [0.717, 1.165) is 0 Å². The van der Waals surface area contributed by atoms with E-state index in [1.54, 1.807) is 50.5 Å². The molecule has 1 aromatic heterocycles. The Kier molecular flexibility index (Phi) is 5.41. The lowest BCUT2D eigenvalue weighted by atomic mass is 10.1. The standard InChI is InChI=1S/C20H16BrFN2O3/c1-23(14-9-7-13(22)8-10-14)19(25)15-5-3-4-6-16(15)24(2)20(26)17-11-12-18(21)27-17/h3-12H,1-2H3. The number of hydrogen-bond acceptors (Lipinski definition) is 3. The summed E-state index contributed by atoms with van der Waals surface area (Å²) in [5.74, 6) is -0.934. The van der Waals surface area contributed by atoms with Crippen LogP contribution < -0.4 is 9.80 Å². The van der Waals surface area contributed by atoms with Gasteiger partial charge in [0.25, 0.3) is 11.8 Å². The zero-order valence-corrected chi connectivity index (χ0v) is 16.2. The lowest BCUT2D eigenvalue weighted by Crippen LogP contribution is -2.31. The van der Waals surface area contributed by atoms with Crippen molar-refractivity contribution >= 4 is 39.1 Å². The summed E-state index contributed by atoms with van der Waals surface area (Å²) >= 11 is 3.17. The van der Waals surface area contributed by atoms with Crippen LogP contribution in [0, 0.1) is 5.82 Å². The molecule has 0 radical (unpaired) electrons. The molecule has 0 N–H and O–H groups in total. The highest BCUT2D eigenvalue weighted by Gasteiger charge is 2.23. The number of carbonyl (C=O) groups is 2. The van der Waals surface area contributed by atoms with Crippen molar-refractivity contribution in [2.24, 2.45) is 0 Å². The van der Waals surface area contributed by atoms with Gasteiger partial charge >= 0.3 is 0 Å². The third kappa shape index (κ3) is 3.93. The van der Waals surface area contributed by atoms with Gasteiger partial charge in [-0.25, -0.2) is 4.39 Å². The van der Waals surface area contributed by atoms with E-state index in [9.17, 15) is 14.0 Å². The molecule has 0 bridgehead atoms. The van der Waals surface area contributed by atoms with Gasteiger partial charge in [-0.15, -0.1) is 0 Å². The fourth-order valence-electron chi connectivity index (χ4n) is 2.61. The number of amides is 2. The zero-order chi connectivity index (χ0) is 19.6. The van der Waals surface area contributed by atoms with Crippen molar-refractivity contribution in [3.05, 3.63) is 82.5 Å². The number of furan rings is 1. The minimum Gasteiger partial charge on any atom is -0.444 e. The Morgan fingerprint density at radius 2 is 1.56 bits per heavy atom. The SMILES string of the molecule is CN(C(=O)c1ccccc1N(C)C(=O)c1ccc(Br)o1)c1ccc(F)cc1. The lowest BCUT2D eigenvalue weighted by molar-refractivity contribution is 0.0965. The van der Waals surface area contributed by atoms with Gasteiger partial charge in [0.1, 0.15) is 5.82 Å². The van der Waals surface area contributed by atoms with Gasteiger partial charge in [-0.1, -0.05) is 12.1 Å². The second kappa shape index (κ2) is 7.75. The van der Waals surface area contributed by atoms with Crippen molar-refractivity contribution in [3.8, 4) is 0 Å². The Hall–Kier alpha value is -2.93. The van der Waals surface area contributed by atoms with E-state index < -0.39 is 0 Å². The second-order valence-corrected chi connectivity index (χ2v) is 6.61. The molecular weight excluding hydrogens is 415 g/mol. The van der Waals surface area contributed by atoms with Crippen LogP contribution in [0.4, 0.5) is 15.8 Å². The van der Waals surface area contributed by atoms with Gasteiger partial charge in [-0.2, -0.15) is 0 Å². The first kappa shape index (κ1) is 18.8. The monoisotopic (exact) mass is 430 g/mol. The van der Waals surface area contributed by atoms with Crippen LogP contribution in [-0.2, 0) is 0 Å². The summed E-state index contributed by atoms with van der Waals surface area (Å²) in [7, 11) is 3.17. The van der Waals surface area contributed by atoms with Crippen molar-refractivity contribution in [1.82, 2.24) is 0 Å². The van der Waals surface area contributed by atoms with Crippen LogP contribution in [-0.4, -0.2) is 25.9 Å². The van der Waals surface area contributed by atoms with Crippen LogP contribution in [0.3, 0.4) is 0 Å². The number of rotatable bonds is 4. The van der Waals surface area contributed by atoms with E-state index in [4.69, 9.17) is 4.42 Å². The molecular formula is C20H16BrFN2O3. The highest BCUT2D eigenvalue weighted by atomic mass is 79.9. The molecule has 3 rings (SSSR count). The Morgan fingerprint density at radius 3 is 2.19 bits per heavy atom. The van der Waals surface area contributed by atoms with Crippen LogP contribution in [0.5, 0.6) is 0 Å². The van der Waals surface area contributed by atoms with Gasteiger partial charge in [-0.05, 0) is 64.5 Å². The highest BCUT2D eigenvalue weighted by Crippen LogP contribution is 2.25. The summed E-state index contributed by atoms with van der Waals surface area (Å²) in [6.07, 6.45) is 0. The number of carbonyl (C=O) groups excluding carboxylic acids is 2. The first-order chi connectivity index (χ1) is 12.9. The predicted molar refractivity (Wildman–Crippen MR) is 105 cm³/mol. The molecule has 5 nitrogen and oxygen atoms in total. The summed E-state index contributed by atoms with van der Waals surface area (Å²) in [6.45, 7) is 0.